The van der Waals surface area contributed by atoms with E-state index >= 15 is 0 Å². The van der Waals surface area contributed by atoms with Gasteiger partial charge in [-0.2, -0.15) is 4.98 Å². The van der Waals surface area contributed by atoms with Crippen molar-refractivity contribution in [1.82, 2.24) is 9.97 Å². The third-order valence-corrected chi connectivity index (χ3v) is 4.06. The average molecular weight is 344 g/mol. The third-order valence-electron chi connectivity index (χ3n) is 4.06. The minimum Gasteiger partial charge on any atom is -0.497 e. The first kappa shape index (κ1) is 17.3. The molecule has 1 fully saturated rings. The maximum absolute atomic E-state index is 9.25. The predicted molar refractivity (Wildman–Crippen MR) is 97.0 cm³/mol. The smallest absolute Gasteiger partial charge is 0.225 e. The molecule has 0 unspecified atom stereocenters. The van der Waals surface area contributed by atoms with Gasteiger partial charge in [0, 0.05) is 24.1 Å². The van der Waals surface area contributed by atoms with Gasteiger partial charge in [0.05, 0.1) is 32.2 Å². The highest BCUT2D eigenvalue weighted by Crippen LogP contribution is 2.40. The molecule has 1 saturated carbocycles. The quantitative estimate of drug-likeness (QED) is 0.678. The fraction of sp³-hybridized carbons (Fsp3) is 0.444. The molecule has 1 aliphatic rings. The van der Waals surface area contributed by atoms with E-state index in [2.05, 4.69) is 20.6 Å². The third kappa shape index (κ3) is 4.30. The largest absolute Gasteiger partial charge is 0.497 e. The molecular weight excluding hydrogens is 320 g/mol. The second-order valence-corrected chi connectivity index (χ2v) is 6.20. The van der Waals surface area contributed by atoms with Crippen molar-refractivity contribution in [2.75, 3.05) is 31.5 Å². The second kappa shape index (κ2) is 7.57. The molecule has 3 N–H and O–H groups in total. The Hall–Kier alpha value is -2.54. The first-order valence-corrected chi connectivity index (χ1v) is 8.38. The van der Waals surface area contributed by atoms with Gasteiger partial charge in [0.1, 0.15) is 17.3 Å². The van der Waals surface area contributed by atoms with Crippen LogP contribution >= 0.6 is 0 Å². The highest BCUT2D eigenvalue weighted by atomic mass is 16.5. The first-order chi connectivity index (χ1) is 12.1. The lowest BCUT2D eigenvalue weighted by Gasteiger charge is -2.15. The highest BCUT2D eigenvalue weighted by Gasteiger charge is 2.26. The van der Waals surface area contributed by atoms with Gasteiger partial charge in [0.2, 0.25) is 5.95 Å². The van der Waals surface area contributed by atoms with E-state index in [4.69, 9.17) is 9.47 Å². The van der Waals surface area contributed by atoms with Gasteiger partial charge in [-0.15, -0.1) is 0 Å². The molecule has 2 aromatic rings. The SMILES string of the molecule is COc1ccc(Nc2cc(C3CC3)nc(N[C@H](C)CO)n2)c(OC)c1. The van der Waals surface area contributed by atoms with Crippen LogP contribution in [0, 0.1) is 0 Å². The fourth-order valence-corrected chi connectivity index (χ4v) is 2.49. The number of benzene rings is 1. The summed E-state index contributed by atoms with van der Waals surface area (Å²) in [7, 11) is 3.24. The molecule has 7 nitrogen and oxygen atoms in total. The Kier molecular flexibility index (Phi) is 5.23. The fourth-order valence-electron chi connectivity index (χ4n) is 2.49. The van der Waals surface area contributed by atoms with Crippen molar-refractivity contribution in [3.8, 4) is 11.5 Å². The lowest BCUT2D eigenvalue weighted by Crippen LogP contribution is -2.21. The number of nitrogens with one attached hydrogen (secondary N) is 2. The van der Waals surface area contributed by atoms with Gasteiger partial charge in [0.25, 0.3) is 0 Å². The Labute approximate surface area is 147 Å². The van der Waals surface area contributed by atoms with Crippen LogP contribution < -0.4 is 20.1 Å². The molecule has 0 amide bonds. The summed E-state index contributed by atoms with van der Waals surface area (Å²) in [6, 6.07) is 7.42. The Morgan fingerprint density at radius 3 is 2.64 bits per heavy atom. The summed E-state index contributed by atoms with van der Waals surface area (Å²) < 4.78 is 10.7. The molecule has 1 atom stereocenters. The summed E-state index contributed by atoms with van der Waals surface area (Å²) in [6.07, 6.45) is 2.30. The summed E-state index contributed by atoms with van der Waals surface area (Å²) in [5, 5.41) is 15.7. The number of aliphatic hydroxyl groups excluding tert-OH is 1. The number of aromatic nitrogens is 2. The lowest BCUT2D eigenvalue weighted by atomic mass is 10.2. The molecule has 0 aliphatic heterocycles. The molecule has 1 heterocycles. The zero-order valence-corrected chi connectivity index (χ0v) is 14.7. The molecule has 25 heavy (non-hydrogen) atoms. The summed E-state index contributed by atoms with van der Waals surface area (Å²) >= 11 is 0. The molecule has 1 aromatic heterocycles. The van der Waals surface area contributed by atoms with Crippen LogP contribution in [0.3, 0.4) is 0 Å². The van der Waals surface area contributed by atoms with E-state index in [9.17, 15) is 5.11 Å². The number of hydrogen-bond acceptors (Lipinski definition) is 7. The predicted octanol–water partition coefficient (Wildman–Crippen LogP) is 2.91. The molecular formula is C18H24N4O3. The van der Waals surface area contributed by atoms with Crippen molar-refractivity contribution in [3.05, 3.63) is 30.0 Å². The molecule has 3 rings (SSSR count). The molecule has 0 radical (unpaired) electrons. The van der Waals surface area contributed by atoms with E-state index in [1.165, 1.54) is 0 Å². The lowest BCUT2D eigenvalue weighted by molar-refractivity contribution is 0.281. The number of ether oxygens (including phenoxy) is 2. The Morgan fingerprint density at radius 1 is 1.20 bits per heavy atom. The van der Waals surface area contributed by atoms with E-state index in [1.807, 2.05) is 31.2 Å². The number of methoxy groups -OCH3 is 2. The highest BCUT2D eigenvalue weighted by molar-refractivity contribution is 5.66. The maximum atomic E-state index is 9.25. The van der Waals surface area contributed by atoms with Crippen molar-refractivity contribution < 1.29 is 14.6 Å². The van der Waals surface area contributed by atoms with Crippen molar-refractivity contribution in [1.29, 1.82) is 0 Å². The Bertz CT molecular complexity index is 734. The minimum absolute atomic E-state index is 0.0199. The minimum atomic E-state index is -0.113. The molecule has 0 bridgehead atoms. The second-order valence-electron chi connectivity index (χ2n) is 6.20. The van der Waals surface area contributed by atoms with Gasteiger partial charge in [-0.05, 0) is 31.9 Å². The molecule has 7 heteroatoms. The number of nitrogens with zero attached hydrogens (tertiary/aromatic N) is 2. The number of anilines is 3. The molecule has 0 saturated heterocycles. The zero-order chi connectivity index (χ0) is 17.8. The van der Waals surface area contributed by atoms with Crippen LogP contribution in [0.5, 0.6) is 11.5 Å². The van der Waals surface area contributed by atoms with Crippen LogP contribution in [-0.4, -0.2) is 41.9 Å². The maximum Gasteiger partial charge on any atom is 0.225 e. The molecule has 134 valence electrons. The standard InChI is InChI=1S/C18H24N4O3/c1-11(10-23)19-18-21-15(12-4-5-12)9-17(22-18)20-14-7-6-13(24-2)8-16(14)25-3/h6-9,11-12,23H,4-5,10H2,1-3H3,(H2,19,20,21,22)/t11-/m1/s1. The summed E-state index contributed by atoms with van der Waals surface area (Å²) in [5.74, 6) is 3.09. The van der Waals surface area contributed by atoms with Gasteiger partial charge < -0.3 is 25.2 Å². The number of rotatable bonds is 8. The first-order valence-electron chi connectivity index (χ1n) is 8.38. The molecule has 0 spiro atoms. The Morgan fingerprint density at radius 2 is 2.00 bits per heavy atom. The summed E-state index contributed by atoms with van der Waals surface area (Å²) in [5.41, 5.74) is 1.81. The van der Waals surface area contributed by atoms with Gasteiger partial charge >= 0.3 is 0 Å². The van der Waals surface area contributed by atoms with E-state index < -0.39 is 0 Å². The monoisotopic (exact) mass is 344 g/mol. The molecule has 1 aliphatic carbocycles. The van der Waals surface area contributed by atoms with Crippen LogP contribution in [0.4, 0.5) is 17.5 Å². The topological polar surface area (TPSA) is 88.5 Å². The van der Waals surface area contributed by atoms with E-state index in [0.29, 0.717) is 23.4 Å². The van der Waals surface area contributed by atoms with Crippen LogP contribution in [0.2, 0.25) is 0 Å². The van der Waals surface area contributed by atoms with E-state index in [0.717, 1.165) is 30.0 Å². The van der Waals surface area contributed by atoms with E-state index in [-0.39, 0.29) is 12.6 Å². The average Bonchev–Trinajstić information content (AvgIpc) is 3.47. The van der Waals surface area contributed by atoms with Crippen LogP contribution in [-0.2, 0) is 0 Å². The van der Waals surface area contributed by atoms with Gasteiger partial charge in [-0.3, -0.25) is 0 Å². The van der Waals surface area contributed by atoms with Gasteiger partial charge in [-0.1, -0.05) is 0 Å². The van der Waals surface area contributed by atoms with Crippen molar-refractivity contribution >= 4 is 17.5 Å². The Balaban J connectivity index is 1.88. The zero-order valence-electron chi connectivity index (χ0n) is 14.7. The normalized spacial score (nSPS) is 14.7. The number of hydrogen-bond donors (Lipinski definition) is 3. The van der Waals surface area contributed by atoms with E-state index in [1.54, 1.807) is 14.2 Å². The summed E-state index contributed by atoms with van der Waals surface area (Å²) in [6.45, 7) is 1.90. The van der Waals surface area contributed by atoms with Crippen LogP contribution in [0.1, 0.15) is 31.4 Å². The molecule has 1 aromatic carbocycles. The van der Waals surface area contributed by atoms with Crippen molar-refractivity contribution in [2.24, 2.45) is 0 Å². The van der Waals surface area contributed by atoms with Crippen molar-refractivity contribution in [3.63, 3.8) is 0 Å². The van der Waals surface area contributed by atoms with Gasteiger partial charge in [0.15, 0.2) is 0 Å². The van der Waals surface area contributed by atoms with Crippen molar-refractivity contribution in [2.45, 2.75) is 31.7 Å². The van der Waals surface area contributed by atoms with Crippen LogP contribution in [0.25, 0.3) is 0 Å². The number of aliphatic hydroxyl groups is 1. The van der Waals surface area contributed by atoms with Crippen LogP contribution in [0.15, 0.2) is 24.3 Å². The summed E-state index contributed by atoms with van der Waals surface area (Å²) in [4.78, 5) is 9.08. The van der Waals surface area contributed by atoms with Gasteiger partial charge in [-0.25, -0.2) is 4.98 Å².